The third kappa shape index (κ3) is 3.03. The van der Waals surface area contributed by atoms with Crippen molar-refractivity contribution in [2.24, 2.45) is 0 Å². The molecule has 0 radical (unpaired) electrons. The molecule has 0 aliphatic carbocycles. The smallest absolute Gasteiger partial charge is 0.216 e. The van der Waals surface area contributed by atoms with E-state index in [0.29, 0.717) is 6.54 Å². The Morgan fingerprint density at radius 3 is 2.05 bits per heavy atom. The van der Waals surface area contributed by atoms with Crippen LogP contribution in [0.25, 0.3) is 12.2 Å². The Balaban J connectivity index is 1.90. The lowest BCUT2D eigenvalue weighted by molar-refractivity contribution is -0.118. The van der Waals surface area contributed by atoms with Crippen molar-refractivity contribution in [1.29, 1.82) is 0 Å². The van der Waals surface area contributed by atoms with Crippen molar-refractivity contribution >= 4 is 29.4 Å². The number of anilines is 2. The van der Waals surface area contributed by atoms with E-state index in [1.54, 1.807) is 6.92 Å². The Labute approximate surface area is 131 Å². The van der Waals surface area contributed by atoms with Gasteiger partial charge in [-0.1, -0.05) is 48.6 Å². The van der Waals surface area contributed by atoms with Gasteiger partial charge < -0.3 is 10.2 Å². The van der Waals surface area contributed by atoms with Gasteiger partial charge in [0.2, 0.25) is 5.91 Å². The van der Waals surface area contributed by atoms with Gasteiger partial charge in [0.25, 0.3) is 0 Å². The Kier molecular flexibility index (Phi) is 4.24. The van der Waals surface area contributed by atoms with E-state index < -0.39 is 0 Å². The maximum atomic E-state index is 11.0. The SMILES string of the molecule is CC(=O)NCCCN1c2ccccc2C=Cc2ccccc21. The van der Waals surface area contributed by atoms with Crippen LogP contribution < -0.4 is 10.2 Å². The summed E-state index contributed by atoms with van der Waals surface area (Å²) in [5.74, 6) is 0.0262. The minimum atomic E-state index is 0.0262. The van der Waals surface area contributed by atoms with E-state index >= 15 is 0 Å². The highest BCUT2D eigenvalue weighted by Gasteiger charge is 2.16. The number of benzene rings is 2. The third-order valence-electron chi connectivity index (χ3n) is 3.83. The maximum absolute atomic E-state index is 11.0. The van der Waals surface area contributed by atoms with Crippen molar-refractivity contribution in [3.05, 3.63) is 59.7 Å². The van der Waals surface area contributed by atoms with Crippen LogP contribution in [0.3, 0.4) is 0 Å². The van der Waals surface area contributed by atoms with Crippen LogP contribution in [0.5, 0.6) is 0 Å². The quantitative estimate of drug-likeness (QED) is 0.868. The molecular weight excluding hydrogens is 272 g/mol. The maximum Gasteiger partial charge on any atom is 0.216 e. The number of amides is 1. The van der Waals surface area contributed by atoms with Crippen LogP contribution in [-0.4, -0.2) is 19.0 Å². The van der Waals surface area contributed by atoms with Gasteiger partial charge in [0.15, 0.2) is 0 Å². The van der Waals surface area contributed by atoms with Gasteiger partial charge in [0.05, 0.1) is 0 Å². The molecule has 1 heterocycles. The van der Waals surface area contributed by atoms with Crippen LogP contribution >= 0.6 is 0 Å². The van der Waals surface area contributed by atoms with Gasteiger partial charge in [0.1, 0.15) is 0 Å². The molecule has 0 spiro atoms. The monoisotopic (exact) mass is 292 g/mol. The van der Waals surface area contributed by atoms with Crippen molar-refractivity contribution < 1.29 is 4.79 Å². The molecule has 3 rings (SSSR count). The second-order valence-electron chi connectivity index (χ2n) is 5.44. The van der Waals surface area contributed by atoms with Crippen molar-refractivity contribution in [1.82, 2.24) is 5.32 Å². The van der Waals surface area contributed by atoms with Gasteiger partial charge in [-0.2, -0.15) is 0 Å². The molecule has 1 N–H and O–H groups in total. The van der Waals surface area contributed by atoms with Gasteiger partial charge in [-0.05, 0) is 29.7 Å². The molecule has 3 nitrogen and oxygen atoms in total. The number of carbonyl (C=O) groups excluding carboxylic acids is 1. The summed E-state index contributed by atoms with van der Waals surface area (Å²) in [6.45, 7) is 3.13. The number of fused-ring (bicyclic) bond motifs is 2. The second kappa shape index (κ2) is 6.48. The number of nitrogens with zero attached hydrogens (tertiary/aromatic N) is 1. The molecule has 0 bridgehead atoms. The highest BCUT2D eigenvalue weighted by molar-refractivity contribution is 5.88. The molecule has 0 fully saturated rings. The summed E-state index contributed by atoms with van der Waals surface area (Å²) < 4.78 is 0. The Bertz CT molecular complexity index is 657. The Morgan fingerprint density at radius 2 is 1.50 bits per heavy atom. The summed E-state index contributed by atoms with van der Waals surface area (Å²) in [7, 11) is 0. The van der Waals surface area contributed by atoms with E-state index in [2.05, 4.69) is 70.9 Å². The fourth-order valence-electron chi connectivity index (χ4n) is 2.80. The molecule has 1 aliphatic rings. The number of para-hydroxylation sites is 2. The summed E-state index contributed by atoms with van der Waals surface area (Å²) in [4.78, 5) is 13.4. The van der Waals surface area contributed by atoms with Gasteiger partial charge in [-0.25, -0.2) is 0 Å². The van der Waals surface area contributed by atoms with E-state index in [0.717, 1.165) is 13.0 Å². The predicted octanol–water partition coefficient (Wildman–Crippen LogP) is 3.83. The summed E-state index contributed by atoms with van der Waals surface area (Å²) >= 11 is 0. The number of nitrogens with one attached hydrogen (secondary N) is 1. The average Bonchev–Trinajstić information content (AvgIpc) is 2.69. The first kappa shape index (κ1) is 14.4. The molecule has 112 valence electrons. The zero-order valence-electron chi connectivity index (χ0n) is 12.8. The lowest BCUT2D eigenvalue weighted by Crippen LogP contribution is -2.26. The summed E-state index contributed by atoms with van der Waals surface area (Å²) in [5.41, 5.74) is 4.87. The molecule has 0 unspecified atom stereocenters. The highest BCUT2D eigenvalue weighted by Crippen LogP contribution is 2.35. The Hall–Kier alpha value is -2.55. The average molecular weight is 292 g/mol. The molecule has 3 heteroatoms. The molecule has 2 aromatic carbocycles. The Morgan fingerprint density at radius 1 is 0.955 bits per heavy atom. The van der Waals surface area contributed by atoms with E-state index in [-0.39, 0.29) is 5.91 Å². The fraction of sp³-hybridized carbons (Fsp3) is 0.211. The van der Waals surface area contributed by atoms with Crippen molar-refractivity contribution in [3.63, 3.8) is 0 Å². The topological polar surface area (TPSA) is 32.3 Å². The normalized spacial score (nSPS) is 12.3. The summed E-state index contributed by atoms with van der Waals surface area (Å²) in [6.07, 6.45) is 5.24. The lowest BCUT2D eigenvalue weighted by Gasteiger charge is -2.27. The van der Waals surface area contributed by atoms with Crippen LogP contribution in [0.4, 0.5) is 11.4 Å². The van der Waals surface area contributed by atoms with Crippen molar-refractivity contribution in [2.75, 3.05) is 18.0 Å². The first-order chi connectivity index (χ1) is 10.8. The molecule has 2 aromatic rings. The van der Waals surface area contributed by atoms with Crippen LogP contribution in [-0.2, 0) is 4.79 Å². The lowest BCUT2D eigenvalue weighted by atomic mass is 10.1. The number of rotatable bonds is 4. The highest BCUT2D eigenvalue weighted by atomic mass is 16.1. The molecular formula is C19H20N2O. The van der Waals surface area contributed by atoms with Gasteiger partial charge >= 0.3 is 0 Å². The van der Waals surface area contributed by atoms with Crippen LogP contribution in [0.15, 0.2) is 48.5 Å². The largest absolute Gasteiger partial charge is 0.356 e. The van der Waals surface area contributed by atoms with E-state index in [1.165, 1.54) is 22.5 Å². The molecule has 22 heavy (non-hydrogen) atoms. The zero-order valence-corrected chi connectivity index (χ0v) is 12.8. The second-order valence-corrected chi connectivity index (χ2v) is 5.44. The zero-order chi connectivity index (χ0) is 15.4. The number of carbonyl (C=O) groups is 1. The molecule has 0 saturated carbocycles. The van der Waals surface area contributed by atoms with Gasteiger partial charge in [-0.15, -0.1) is 0 Å². The minimum Gasteiger partial charge on any atom is -0.356 e. The van der Waals surface area contributed by atoms with Gasteiger partial charge in [0, 0.05) is 31.4 Å². The minimum absolute atomic E-state index is 0.0262. The molecule has 0 saturated heterocycles. The number of hydrogen-bond acceptors (Lipinski definition) is 2. The molecule has 1 amide bonds. The standard InChI is InChI=1S/C19H20N2O/c1-15(22)20-13-6-14-21-18-9-4-2-7-16(18)11-12-17-8-3-5-10-19(17)21/h2-5,7-12H,6,13-14H2,1H3,(H,20,22). The number of hydrogen-bond donors (Lipinski definition) is 1. The summed E-state index contributed by atoms with van der Waals surface area (Å²) in [6, 6.07) is 16.9. The first-order valence-electron chi connectivity index (χ1n) is 7.64. The van der Waals surface area contributed by atoms with Crippen LogP contribution in [0.2, 0.25) is 0 Å². The van der Waals surface area contributed by atoms with Crippen LogP contribution in [0.1, 0.15) is 24.5 Å². The molecule has 0 atom stereocenters. The molecule has 0 aromatic heterocycles. The van der Waals surface area contributed by atoms with Gasteiger partial charge in [-0.3, -0.25) is 4.79 Å². The first-order valence-corrected chi connectivity index (χ1v) is 7.64. The summed E-state index contributed by atoms with van der Waals surface area (Å²) in [5, 5.41) is 2.87. The molecule has 1 aliphatic heterocycles. The fourth-order valence-corrected chi connectivity index (χ4v) is 2.80. The van der Waals surface area contributed by atoms with Crippen molar-refractivity contribution in [3.8, 4) is 0 Å². The van der Waals surface area contributed by atoms with E-state index in [1.807, 2.05) is 0 Å². The van der Waals surface area contributed by atoms with Crippen LogP contribution in [0, 0.1) is 0 Å². The predicted molar refractivity (Wildman–Crippen MR) is 92.1 cm³/mol. The van der Waals surface area contributed by atoms with E-state index in [4.69, 9.17) is 0 Å². The van der Waals surface area contributed by atoms with E-state index in [9.17, 15) is 4.79 Å². The van der Waals surface area contributed by atoms with Crippen molar-refractivity contribution in [2.45, 2.75) is 13.3 Å². The third-order valence-corrected chi connectivity index (χ3v) is 3.83.